The Balaban J connectivity index is 4.62. The Hall–Kier alpha value is -0.620. The van der Waals surface area contributed by atoms with Gasteiger partial charge < -0.3 is 10.4 Å². The van der Waals surface area contributed by atoms with E-state index in [1.807, 2.05) is 0 Å². The van der Waals surface area contributed by atoms with E-state index in [1.54, 1.807) is 0 Å². The largest absolute Gasteiger partial charge is 0.389 e. The molecule has 6 heteroatoms. The monoisotopic (exact) mass is 237 g/mol. The smallest absolute Gasteiger partial charge is 0.240 e. The fourth-order valence-corrected chi connectivity index (χ4v) is 1.09. The van der Waals surface area contributed by atoms with Gasteiger partial charge in [0, 0.05) is 12.8 Å². The molecule has 5 nitrogen and oxygen atoms in total. The molecular formula is C9H19NO4S. The minimum Gasteiger partial charge on any atom is -0.389 e. The van der Waals surface area contributed by atoms with E-state index in [4.69, 9.17) is 0 Å². The number of rotatable bonds is 4. The van der Waals surface area contributed by atoms with Crippen molar-refractivity contribution in [2.45, 2.75) is 38.0 Å². The highest BCUT2D eigenvalue weighted by molar-refractivity contribution is 7.92. The van der Waals surface area contributed by atoms with Crippen LogP contribution in [0.1, 0.15) is 27.7 Å². The highest BCUT2D eigenvalue weighted by atomic mass is 32.2. The number of amides is 1. The molecule has 1 amide bonds. The van der Waals surface area contributed by atoms with Crippen molar-refractivity contribution in [3.8, 4) is 0 Å². The summed E-state index contributed by atoms with van der Waals surface area (Å²) in [5.41, 5.74) is -1.05. The van der Waals surface area contributed by atoms with Crippen molar-refractivity contribution in [3.05, 3.63) is 0 Å². The van der Waals surface area contributed by atoms with E-state index in [0.29, 0.717) is 0 Å². The molecule has 0 radical (unpaired) electrons. The van der Waals surface area contributed by atoms with Crippen molar-refractivity contribution in [1.29, 1.82) is 0 Å². The zero-order chi connectivity index (χ0) is 12.5. The first-order chi connectivity index (χ1) is 6.38. The van der Waals surface area contributed by atoms with E-state index in [1.165, 1.54) is 27.7 Å². The Morgan fingerprint density at radius 3 is 1.93 bits per heavy atom. The van der Waals surface area contributed by atoms with Gasteiger partial charge in [-0.2, -0.15) is 0 Å². The van der Waals surface area contributed by atoms with Gasteiger partial charge in [-0.3, -0.25) is 4.79 Å². The molecule has 2 N–H and O–H groups in total. The van der Waals surface area contributed by atoms with Gasteiger partial charge in [0.2, 0.25) is 5.91 Å². The van der Waals surface area contributed by atoms with Gasteiger partial charge in [0.25, 0.3) is 0 Å². The number of carbonyl (C=O) groups excluding carboxylic acids is 1. The van der Waals surface area contributed by atoms with E-state index in [0.717, 1.165) is 6.26 Å². The van der Waals surface area contributed by atoms with Gasteiger partial charge in [-0.1, -0.05) is 0 Å². The lowest BCUT2D eigenvalue weighted by atomic mass is 10.1. The van der Waals surface area contributed by atoms with Crippen LogP contribution >= 0.6 is 0 Å². The molecule has 90 valence electrons. The molecule has 0 bridgehead atoms. The van der Waals surface area contributed by atoms with Gasteiger partial charge in [-0.05, 0) is 27.7 Å². The van der Waals surface area contributed by atoms with Gasteiger partial charge in [0.1, 0.15) is 4.75 Å². The number of carbonyl (C=O) groups is 1. The van der Waals surface area contributed by atoms with Crippen molar-refractivity contribution in [1.82, 2.24) is 5.32 Å². The number of aliphatic hydroxyl groups is 1. The van der Waals surface area contributed by atoms with Crippen molar-refractivity contribution in [3.63, 3.8) is 0 Å². The number of nitrogens with one attached hydrogen (secondary N) is 1. The van der Waals surface area contributed by atoms with E-state index in [2.05, 4.69) is 5.32 Å². The van der Waals surface area contributed by atoms with Crippen molar-refractivity contribution in [2.75, 3.05) is 12.8 Å². The molecule has 0 atom stereocenters. The van der Waals surface area contributed by atoms with Gasteiger partial charge in [0.15, 0.2) is 9.84 Å². The van der Waals surface area contributed by atoms with Gasteiger partial charge >= 0.3 is 0 Å². The topological polar surface area (TPSA) is 83.5 Å². The molecule has 0 unspecified atom stereocenters. The van der Waals surface area contributed by atoms with E-state index in [9.17, 15) is 18.3 Å². The van der Waals surface area contributed by atoms with Crippen LogP contribution < -0.4 is 5.32 Å². The predicted molar refractivity (Wildman–Crippen MR) is 58.2 cm³/mol. The molecule has 0 aliphatic carbocycles. The molecule has 0 saturated carbocycles. The first-order valence-electron chi connectivity index (χ1n) is 4.58. The lowest BCUT2D eigenvalue weighted by Gasteiger charge is -2.24. The molecule has 0 aliphatic rings. The molecule has 0 aromatic rings. The van der Waals surface area contributed by atoms with Crippen LogP contribution in [-0.4, -0.2) is 42.6 Å². The highest BCUT2D eigenvalue weighted by Crippen LogP contribution is 2.15. The van der Waals surface area contributed by atoms with Gasteiger partial charge in [-0.25, -0.2) is 8.42 Å². The third kappa shape index (κ3) is 4.17. The van der Waals surface area contributed by atoms with Gasteiger partial charge in [0.05, 0.1) is 5.60 Å². The molecule has 0 fully saturated rings. The summed E-state index contributed by atoms with van der Waals surface area (Å²) in [6.45, 7) is 5.75. The minimum atomic E-state index is -3.46. The second-order valence-electron chi connectivity index (χ2n) is 4.78. The van der Waals surface area contributed by atoms with Crippen molar-refractivity contribution < 1.29 is 18.3 Å². The summed E-state index contributed by atoms with van der Waals surface area (Å²) >= 11 is 0. The van der Waals surface area contributed by atoms with Crippen LogP contribution in [0.4, 0.5) is 0 Å². The molecular weight excluding hydrogens is 218 g/mol. The standard InChI is InChI=1S/C9H19NO4S/c1-8(2,12)6-10-7(11)9(3,4)15(5,13)14/h12H,6H2,1-5H3,(H,10,11). The Morgan fingerprint density at radius 2 is 1.67 bits per heavy atom. The van der Waals surface area contributed by atoms with Crippen LogP contribution in [0.25, 0.3) is 0 Å². The van der Waals surface area contributed by atoms with E-state index < -0.39 is 26.1 Å². The molecule has 0 aliphatic heterocycles. The average Bonchev–Trinajstić information content (AvgIpc) is 1.96. The quantitative estimate of drug-likeness (QED) is 0.703. The first kappa shape index (κ1) is 14.4. The number of hydrogen-bond acceptors (Lipinski definition) is 4. The van der Waals surface area contributed by atoms with Crippen LogP contribution in [0.15, 0.2) is 0 Å². The summed E-state index contributed by atoms with van der Waals surface area (Å²) < 4.78 is 21.1. The van der Waals surface area contributed by atoms with Gasteiger partial charge in [-0.15, -0.1) is 0 Å². The summed E-state index contributed by atoms with van der Waals surface area (Å²) in [5, 5.41) is 11.8. The second-order valence-corrected chi connectivity index (χ2v) is 7.34. The van der Waals surface area contributed by atoms with E-state index >= 15 is 0 Å². The Morgan fingerprint density at radius 1 is 1.27 bits per heavy atom. The Bertz CT molecular complexity index is 338. The fraction of sp³-hybridized carbons (Fsp3) is 0.889. The maximum Gasteiger partial charge on any atom is 0.240 e. The zero-order valence-corrected chi connectivity index (χ0v) is 10.6. The zero-order valence-electron chi connectivity index (χ0n) is 9.79. The molecule has 0 spiro atoms. The number of hydrogen-bond donors (Lipinski definition) is 2. The maximum absolute atomic E-state index is 11.6. The van der Waals surface area contributed by atoms with Crippen LogP contribution in [0, 0.1) is 0 Å². The predicted octanol–water partition coefficient (Wildman–Crippen LogP) is -0.303. The maximum atomic E-state index is 11.6. The van der Waals surface area contributed by atoms with E-state index in [-0.39, 0.29) is 6.54 Å². The number of sulfone groups is 1. The van der Waals surface area contributed by atoms with Crippen LogP contribution in [0.2, 0.25) is 0 Å². The van der Waals surface area contributed by atoms with Crippen LogP contribution in [-0.2, 0) is 14.6 Å². The lowest BCUT2D eigenvalue weighted by Crippen LogP contribution is -2.50. The van der Waals surface area contributed by atoms with Crippen molar-refractivity contribution >= 4 is 15.7 Å². The Labute approximate surface area is 90.8 Å². The third-order valence-corrected chi connectivity index (χ3v) is 4.19. The van der Waals surface area contributed by atoms with Crippen molar-refractivity contribution in [2.24, 2.45) is 0 Å². The molecule has 0 saturated heterocycles. The Kier molecular flexibility index (Phi) is 3.93. The minimum absolute atomic E-state index is 0.0186. The second kappa shape index (κ2) is 4.09. The normalized spacial score (nSPS) is 13.7. The molecule has 15 heavy (non-hydrogen) atoms. The molecule has 0 rings (SSSR count). The van der Waals surface area contributed by atoms with Crippen LogP contribution in [0.5, 0.6) is 0 Å². The SMILES string of the molecule is CC(C)(O)CNC(=O)C(C)(C)S(C)(=O)=O. The summed E-state index contributed by atoms with van der Waals surface area (Å²) in [6.07, 6.45) is 1.01. The summed E-state index contributed by atoms with van der Waals surface area (Å²) in [5.74, 6) is -0.605. The third-order valence-electron chi connectivity index (χ3n) is 2.16. The summed E-state index contributed by atoms with van der Waals surface area (Å²) in [6, 6.07) is 0. The summed E-state index contributed by atoms with van der Waals surface area (Å²) in [4.78, 5) is 11.6. The highest BCUT2D eigenvalue weighted by Gasteiger charge is 2.38. The molecule has 0 aromatic heterocycles. The molecule has 0 aromatic carbocycles. The first-order valence-corrected chi connectivity index (χ1v) is 6.47. The fourth-order valence-electron chi connectivity index (χ4n) is 0.678. The summed E-state index contributed by atoms with van der Waals surface area (Å²) in [7, 11) is -3.46. The lowest BCUT2D eigenvalue weighted by molar-refractivity contribution is -0.123. The molecule has 0 heterocycles. The van der Waals surface area contributed by atoms with Crippen LogP contribution in [0.3, 0.4) is 0 Å². The average molecular weight is 237 g/mol.